The van der Waals surface area contributed by atoms with Crippen molar-refractivity contribution in [1.82, 2.24) is 0 Å². The highest BCUT2D eigenvalue weighted by Gasteiger charge is 2.22. The molecule has 7 nitrogen and oxygen atoms in total. The molecule has 0 spiro atoms. The Morgan fingerprint density at radius 1 is 1.33 bits per heavy atom. The molecular formula is C3H3IO7S. The monoisotopic (exact) mass is 310 g/mol. The van der Waals surface area contributed by atoms with Gasteiger partial charge >= 0.3 is 35.9 Å². The van der Waals surface area contributed by atoms with Crippen molar-refractivity contribution < 1.29 is 29.0 Å². The van der Waals surface area contributed by atoms with Crippen molar-refractivity contribution in [3.8, 4) is 0 Å². The van der Waals surface area contributed by atoms with Crippen LogP contribution in [0.3, 0.4) is 0 Å². The molecule has 70 valence electrons. The van der Waals surface area contributed by atoms with Crippen LogP contribution in [0.2, 0.25) is 0 Å². The summed E-state index contributed by atoms with van der Waals surface area (Å²) in [6, 6.07) is 0. The summed E-state index contributed by atoms with van der Waals surface area (Å²) < 4.78 is 48.5. The van der Waals surface area contributed by atoms with E-state index in [-0.39, 0.29) is 4.08 Å². The Kier molecular flexibility index (Phi) is 3.73. The second-order valence-corrected chi connectivity index (χ2v) is 4.88. The zero-order chi connectivity index (χ0) is 9.94. The van der Waals surface area contributed by atoms with Gasteiger partial charge in [-0.15, -0.1) is 0 Å². The molecule has 0 saturated carbocycles. The second-order valence-electron chi connectivity index (χ2n) is 1.49. The molecule has 0 aromatic rings. The minimum absolute atomic E-state index is 0.0155. The predicted octanol–water partition coefficient (Wildman–Crippen LogP) is -0.00240. The lowest BCUT2D eigenvalue weighted by atomic mass is 10.7. The summed E-state index contributed by atoms with van der Waals surface area (Å²) in [5.41, 5.74) is 0. The third-order valence-corrected chi connectivity index (χ3v) is 3.08. The maximum Gasteiger partial charge on any atom is 0.350 e. The first-order valence-electron chi connectivity index (χ1n) is 2.21. The van der Waals surface area contributed by atoms with Gasteiger partial charge in [0.25, 0.3) is 0 Å². The Morgan fingerprint density at radius 2 is 1.75 bits per heavy atom. The smallest absolute Gasteiger partial charge is 0.350 e. The van der Waals surface area contributed by atoms with Crippen LogP contribution in [0.1, 0.15) is 0 Å². The molecule has 0 aliphatic rings. The molecule has 0 aliphatic carbocycles. The molecule has 0 saturated heterocycles. The largest absolute Gasteiger partial charge is 0.477 e. The van der Waals surface area contributed by atoms with E-state index in [1.165, 1.54) is 0 Å². The molecule has 0 radical (unpaired) electrons. The quantitative estimate of drug-likeness (QED) is 0.427. The number of halogens is 1. The first-order valence-corrected chi connectivity index (χ1v) is 6.66. The third-order valence-electron chi connectivity index (χ3n) is 0.677. The van der Waals surface area contributed by atoms with Gasteiger partial charge in [0, 0.05) is 0 Å². The molecule has 0 atom stereocenters. The van der Waals surface area contributed by atoms with E-state index >= 15 is 0 Å². The van der Waals surface area contributed by atoms with Crippen molar-refractivity contribution >= 4 is 35.9 Å². The van der Waals surface area contributed by atoms with E-state index in [1.54, 1.807) is 0 Å². The summed E-state index contributed by atoms with van der Waals surface area (Å²) >= 11 is -4.12. The first-order chi connectivity index (χ1) is 5.25. The lowest BCUT2D eigenvalue weighted by molar-refractivity contribution is -0.131. The van der Waals surface area contributed by atoms with E-state index < -0.39 is 40.8 Å². The molecule has 0 heterocycles. The normalized spacial score (nSPS) is 13.3. The molecular weight excluding hydrogens is 307 g/mol. The topological polar surface area (TPSA) is 126 Å². The van der Waals surface area contributed by atoms with Crippen molar-refractivity contribution in [2.24, 2.45) is 0 Å². The summed E-state index contributed by atoms with van der Waals surface area (Å²) in [5, 5.41) is 8.10. The Morgan fingerprint density at radius 3 is 1.83 bits per heavy atom. The van der Waals surface area contributed by atoms with E-state index in [0.717, 1.165) is 0 Å². The molecule has 0 aliphatic heterocycles. The Balaban J connectivity index is 5.38. The zero-order valence-electron chi connectivity index (χ0n) is 5.30. The van der Waals surface area contributed by atoms with Crippen LogP contribution in [-0.4, -0.2) is 24.0 Å². The van der Waals surface area contributed by atoms with Gasteiger partial charge in [-0.05, 0) is 0 Å². The number of carboxylic acids is 1. The van der Waals surface area contributed by atoms with Crippen LogP contribution in [0.4, 0.5) is 0 Å². The summed E-state index contributed by atoms with van der Waals surface area (Å²) in [7, 11) is -4.96. The molecule has 0 rings (SSSR count). The Labute approximate surface area is 74.0 Å². The molecule has 0 fully saturated rings. The van der Waals surface area contributed by atoms with E-state index in [0.29, 0.717) is 0 Å². The molecule has 2 N–H and O–H groups in total. The van der Waals surface area contributed by atoms with Gasteiger partial charge in [-0.25, -0.2) is 10.9 Å². The lowest BCUT2D eigenvalue weighted by Crippen LogP contribution is -2.10. The number of rotatable bonds is 3. The number of carboxylic acid groups (broad SMARTS) is 1. The molecule has 0 bridgehead atoms. The fourth-order valence-electron chi connectivity index (χ4n) is 0.294. The first kappa shape index (κ1) is 11.4. The number of hydrogen-bond acceptors (Lipinski definition) is 5. The highest BCUT2D eigenvalue weighted by atomic mass is 127. The lowest BCUT2D eigenvalue weighted by Gasteiger charge is -1.92. The predicted molar refractivity (Wildman–Crippen MR) is 42.7 cm³/mol. The maximum absolute atomic E-state index is 10.2. The van der Waals surface area contributed by atoms with Crippen LogP contribution in [0, 0.1) is 0 Å². The molecule has 0 unspecified atom stereocenters. The van der Waals surface area contributed by atoms with Gasteiger partial charge < -0.3 is 5.11 Å². The minimum atomic E-state index is -4.96. The standard InChI is InChI=1S/C3H3IO7S/c5-3(6)2(1-4(7)8)12(9,10)11/h1H,(H,5,6)(H,9,10,11)/b2-1+. The molecule has 12 heavy (non-hydrogen) atoms. The van der Waals surface area contributed by atoms with E-state index in [2.05, 4.69) is 0 Å². The van der Waals surface area contributed by atoms with Gasteiger partial charge in [0.1, 0.15) is 0 Å². The molecule has 0 aromatic heterocycles. The van der Waals surface area contributed by atoms with E-state index in [4.69, 9.17) is 9.66 Å². The summed E-state index contributed by atoms with van der Waals surface area (Å²) in [5.74, 6) is -2.01. The van der Waals surface area contributed by atoms with Crippen LogP contribution in [0.5, 0.6) is 0 Å². The Bertz CT molecular complexity index is 377. The van der Waals surface area contributed by atoms with Gasteiger partial charge in [-0.3, -0.25) is 4.55 Å². The van der Waals surface area contributed by atoms with Gasteiger partial charge in [-0.1, -0.05) is 0 Å². The van der Waals surface area contributed by atoms with Crippen LogP contribution in [-0.2, 0) is 21.1 Å². The van der Waals surface area contributed by atoms with Gasteiger partial charge in [0.15, 0.2) is 4.91 Å². The summed E-state index contributed by atoms with van der Waals surface area (Å²) in [4.78, 5) is 8.49. The van der Waals surface area contributed by atoms with Gasteiger partial charge in [-0.2, -0.15) is 8.42 Å². The number of carbonyl (C=O) groups is 1. The summed E-state index contributed by atoms with van der Waals surface area (Å²) in [6.07, 6.45) is 0. The van der Waals surface area contributed by atoms with E-state index in [9.17, 15) is 19.4 Å². The SMILES string of the molecule is O=C(O)/C(=C\I(=O)=O)S(=O)(=O)O. The third kappa shape index (κ3) is 3.73. The maximum atomic E-state index is 10.2. The second kappa shape index (κ2) is 3.91. The highest BCUT2D eigenvalue weighted by molar-refractivity contribution is 14.2. The van der Waals surface area contributed by atoms with Crippen LogP contribution in [0.25, 0.3) is 0 Å². The van der Waals surface area contributed by atoms with Crippen molar-refractivity contribution in [3.05, 3.63) is 8.99 Å². The molecule has 0 amide bonds. The fraction of sp³-hybridized carbons (Fsp3) is 0. The number of hydrogen-bond donors (Lipinski definition) is 2. The van der Waals surface area contributed by atoms with Crippen molar-refractivity contribution in [2.45, 2.75) is 0 Å². The summed E-state index contributed by atoms with van der Waals surface area (Å²) in [6.45, 7) is 0. The Hall–Kier alpha value is -0.550. The van der Waals surface area contributed by atoms with Crippen LogP contribution < -0.4 is 0 Å². The van der Waals surface area contributed by atoms with Gasteiger partial charge in [0.2, 0.25) is 0 Å². The average molecular weight is 310 g/mol. The number of aliphatic carboxylic acids is 1. The average Bonchev–Trinajstić information content (AvgIpc) is 1.79. The van der Waals surface area contributed by atoms with Crippen molar-refractivity contribution in [2.75, 3.05) is 0 Å². The van der Waals surface area contributed by atoms with Crippen molar-refractivity contribution in [1.29, 1.82) is 0 Å². The molecule has 0 aromatic carbocycles. The van der Waals surface area contributed by atoms with Crippen LogP contribution >= 0.6 is 19.8 Å². The highest BCUT2D eigenvalue weighted by Crippen LogP contribution is 2.14. The van der Waals surface area contributed by atoms with E-state index in [1.807, 2.05) is 0 Å². The molecule has 9 heteroatoms. The fourth-order valence-corrected chi connectivity index (χ4v) is 2.81. The zero-order valence-corrected chi connectivity index (χ0v) is 8.27. The minimum Gasteiger partial charge on any atom is -0.477 e. The van der Waals surface area contributed by atoms with Gasteiger partial charge in [0.05, 0.1) is 4.08 Å². The van der Waals surface area contributed by atoms with Crippen molar-refractivity contribution in [3.63, 3.8) is 0 Å². The van der Waals surface area contributed by atoms with Crippen LogP contribution in [0.15, 0.2) is 8.99 Å².